The van der Waals surface area contributed by atoms with Crippen molar-refractivity contribution >= 4 is 35.7 Å². The normalized spacial score (nSPS) is 10.4. The van der Waals surface area contributed by atoms with Crippen LogP contribution >= 0.6 is 23.1 Å². The third-order valence-corrected chi connectivity index (χ3v) is 4.36. The lowest BCUT2D eigenvalue weighted by Crippen LogP contribution is -2.29. The highest BCUT2D eigenvalue weighted by Gasteiger charge is 2.09. The Morgan fingerprint density at radius 2 is 1.88 bits per heavy atom. The maximum absolute atomic E-state index is 8.95. The summed E-state index contributed by atoms with van der Waals surface area (Å²) in [6.07, 6.45) is 0. The molecule has 2 nitrogen and oxygen atoms in total. The molecule has 0 saturated heterocycles. The molecule has 1 heterocycles. The summed E-state index contributed by atoms with van der Waals surface area (Å²) in [7, 11) is -1.38. The van der Waals surface area contributed by atoms with Crippen molar-refractivity contribution in [3.8, 4) is 0 Å². The first-order chi connectivity index (χ1) is 7.75. The molecule has 0 unspecified atom stereocenters. The molecule has 0 saturated carbocycles. The third-order valence-electron chi connectivity index (χ3n) is 2.15. The molecule has 0 amide bonds. The van der Waals surface area contributed by atoms with Gasteiger partial charge in [0.25, 0.3) is 0 Å². The Morgan fingerprint density at radius 3 is 2.44 bits per heavy atom. The van der Waals surface area contributed by atoms with Gasteiger partial charge in [0.15, 0.2) is 0 Å². The first-order valence-corrected chi connectivity index (χ1v) is 6.73. The number of thioether (sulfide) groups is 1. The van der Waals surface area contributed by atoms with Crippen molar-refractivity contribution in [3.63, 3.8) is 0 Å². The minimum atomic E-state index is -1.38. The van der Waals surface area contributed by atoms with Gasteiger partial charge in [0.2, 0.25) is 0 Å². The molecular weight excluding hydrogens is 239 g/mol. The standard InChI is InChI=1S/C11H11BO2S2/c13-12(14)10-5-3-9(4-6-10)8-16-11-2-1-7-15-11/h1-7,13-14H,8H2. The molecule has 1 aromatic carbocycles. The van der Waals surface area contributed by atoms with Crippen LogP contribution in [0.25, 0.3) is 0 Å². The van der Waals surface area contributed by atoms with Crippen LogP contribution in [-0.4, -0.2) is 17.2 Å². The molecule has 82 valence electrons. The molecule has 2 aromatic rings. The Hall–Kier alpha value is -0.745. The summed E-state index contributed by atoms with van der Waals surface area (Å²) >= 11 is 3.52. The highest BCUT2D eigenvalue weighted by atomic mass is 32.2. The van der Waals surface area contributed by atoms with E-state index in [0.29, 0.717) is 5.46 Å². The Kier molecular flexibility index (Phi) is 4.06. The predicted octanol–water partition coefficient (Wildman–Crippen LogP) is 1.72. The topological polar surface area (TPSA) is 40.5 Å². The summed E-state index contributed by atoms with van der Waals surface area (Å²) in [6.45, 7) is 0. The molecule has 0 aliphatic carbocycles. The number of rotatable bonds is 4. The molecule has 0 aliphatic rings. The average molecular weight is 250 g/mol. The summed E-state index contributed by atoms with van der Waals surface area (Å²) in [4.78, 5) is 0. The maximum Gasteiger partial charge on any atom is 0.488 e. The van der Waals surface area contributed by atoms with Gasteiger partial charge in [-0.05, 0) is 22.5 Å². The zero-order valence-corrected chi connectivity index (χ0v) is 10.2. The van der Waals surface area contributed by atoms with Crippen LogP contribution in [0.5, 0.6) is 0 Å². The Labute approximate surface area is 103 Å². The first kappa shape index (κ1) is 11.7. The average Bonchev–Trinajstić information content (AvgIpc) is 2.80. The molecule has 16 heavy (non-hydrogen) atoms. The fourth-order valence-corrected chi connectivity index (χ4v) is 3.03. The molecule has 2 N–H and O–H groups in total. The van der Waals surface area contributed by atoms with Crippen molar-refractivity contribution in [1.82, 2.24) is 0 Å². The van der Waals surface area contributed by atoms with Crippen molar-refractivity contribution in [3.05, 3.63) is 47.3 Å². The van der Waals surface area contributed by atoms with Crippen LogP contribution in [0.1, 0.15) is 5.56 Å². The summed E-state index contributed by atoms with van der Waals surface area (Å²) in [5.74, 6) is 0.905. The van der Waals surface area contributed by atoms with Crippen LogP contribution in [0.3, 0.4) is 0 Å². The van der Waals surface area contributed by atoms with Gasteiger partial charge in [-0.3, -0.25) is 0 Å². The molecule has 0 bridgehead atoms. The largest absolute Gasteiger partial charge is 0.488 e. The first-order valence-electron chi connectivity index (χ1n) is 4.87. The molecule has 0 fully saturated rings. The molecule has 0 atom stereocenters. The summed E-state index contributed by atoms with van der Waals surface area (Å²) in [6, 6.07) is 11.5. The van der Waals surface area contributed by atoms with E-state index in [0.717, 1.165) is 5.75 Å². The minimum absolute atomic E-state index is 0.532. The van der Waals surface area contributed by atoms with Crippen LogP contribution in [-0.2, 0) is 5.75 Å². The second kappa shape index (κ2) is 5.54. The van der Waals surface area contributed by atoms with Crippen molar-refractivity contribution in [2.24, 2.45) is 0 Å². The van der Waals surface area contributed by atoms with Gasteiger partial charge in [0.05, 0.1) is 4.21 Å². The lowest BCUT2D eigenvalue weighted by Gasteiger charge is -2.02. The van der Waals surface area contributed by atoms with Gasteiger partial charge in [-0.15, -0.1) is 23.1 Å². The number of hydrogen-bond donors (Lipinski definition) is 2. The molecule has 0 aliphatic heterocycles. The highest BCUT2D eigenvalue weighted by molar-refractivity contribution is 8.00. The molecule has 0 radical (unpaired) electrons. The molecule has 0 spiro atoms. The quantitative estimate of drug-likeness (QED) is 0.641. The van der Waals surface area contributed by atoms with Crippen LogP contribution in [0.4, 0.5) is 0 Å². The van der Waals surface area contributed by atoms with Crippen molar-refractivity contribution in [2.45, 2.75) is 9.96 Å². The Balaban J connectivity index is 1.95. The Morgan fingerprint density at radius 1 is 1.12 bits per heavy atom. The van der Waals surface area contributed by atoms with Gasteiger partial charge in [0, 0.05) is 5.75 Å². The van der Waals surface area contributed by atoms with Gasteiger partial charge in [-0.25, -0.2) is 0 Å². The number of thiophene rings is 1. The van der Waals surface area contributed by atoms with E-state index in [-0.39, 0.29) is 0 Å². The van der Waals surface area contributed by atoms with Crippen LogP contribution in [0, 0.1) is 0 Å². The molecule has 2 rings (SSSR count). The second-order valence-corrected chi connectivity index (χ2v) is 5.56. The molecule has 5 heteroatoms. The lowest BCUT2D eigenvalue weighted by molar-refractivity contribution is 0.426. The van der Waals surface area contributed by atoms with Crippen LogP contribution in [0.2, 0.25) is 0 Å². The highest BCUT2D eigenvalue weighted by Crippen LogP contribution is 2.26. The predicted molar refractivity (Wildman–Crippen MR) is 70.1 cm³/mol. The zero-order chi connectivity index (χ0) is 11.4. The maximum atomic E-state index is 8.95. The number of benzene rings is 1. The van der Waals surface area contributed by atoms with E-state index in [4.69, 9.17) is 10.0 Å². The van der Waals surface area contributed by atoms with E-state index >= 15 is 0 Å². The van der Waals surface area contributed by atoms with E-state index in [9.17, 15) is 0 Å². The van der Waals surface area contributed by atoms with E-state index in [1.807, 2.05) is 18.2 Å². The zero-order valence-electron chi connectivity index (χ0n) is 8.54. The van der Waals surface area contributed by atoms with Crippen LogP contribution < -0.4 is 5.46 Å². The van der Waals surface area contributed by atoms with Gasteiger partial charge < -0.3 is 10.0 Å². The monoisotopic (exact) mass is 250 g/mol. The summed E-state index contributed by atoms with van der Waals surface area (Å²) in [5.41, 5.74) is 1.72. The Bertz CT molecular complexity index is 426. The fraction of sp³-hybridized carbons (Fsp3) is 0.0909. The molecular formula is C11H11BO2S2. The van der Waals surface area contributed by atoms with Crippen molar-refractivity contribution < 1.29 is 10.0 Å². The van der Waals surface area contributed by atoms with Crippen LogP contribution in [0.15, 0.2) is 46.0 Å². The van der Waals surface area contributed by atoms with Crippen molar-refractivity contribution in [2.75, 3.05) is 0 Å². The number of hydrogen-bond acceptors (Lipinski definition) is 4. The second-order valence-electron chi connectivity index (χ2n) is 3.34. The van der Waals surface area contributed by atoms with E-state index in [2.05, 4.69) is 11.4 Å². The summed E-state index contributed by atoms with van der Waals surface area (Å²) < 4.78 is 1.30. The van der Waals surface area contributed by atoms with E-state index in [1.165, 1.54) is 9.77 Å². The third kappa shape index (κ3) is 3.12. The van der Waals surface area contributed by atoms with Gasteiger partial charge in [-0.2, -0.15) is 0 Å². The van der Waals surface area contributed by atoms with Gasteiger partial charge in [0.1, 0.15) is 0 Å². The van der Waals surface area contributed by atoms with E-state index < -0.39 is 7.12 Å². The molecule has 1 aromatic heterocycles. The fourth-order valence-electron chi connectivity index (χ4n) is 1.29. The van der Waals surface area contributed by atoms with Crippen molar-refractivity contribution in [1.29, 1.82) is 0 Å². The SMILES string of the molecule is OB(O)c1ccc(CSc2cccs2)cc1. The van der Waals surface area contributed by atoms with Gasteiger partial charge >= 0.3 is 7.12 Å². The smallest absolute Gasteiger partial charge is 0.423 e. The van der Waals surface area contributed by atoms with E-state index in [1.54, 1.807) is 35.2 Å². The lowest BCUT2D eigenvalue weighted by atomic mass is 9.80. The minimum Gasteiger partial charge on any atom is -0.423 e. The van der Waals surface area contributed by atoms with Gasteiger partial charge in [-0.1, -0.05) is 30.3 Å². The summed E-state index contributed by atoms with van der Waals surface area (Å²) in [5, 5.41) is 20.0.